The Morgan fingerprint density at radius 3 is 2.90 bits per heavy atom. The summed E-state index contributed by atoms with van der Waals surface area (Å²) in [5.41, 5.74) is 0.564. The quantitative estimate of drug-likeness (QED) is 0.895. The summed E-state index contributed by atoms with van der Waals surface area (Å²) >= 11 is 3.36. The summed E-state index contributed by atoms with van der Waals surface area (Å²) in [7, 11) is 0. The molecular weight excluding hydrogens is 337 g/mol. The van der Waals surface area contributed by atoms with Gasteiger partial charge in [-0.1, -0.05) is 29.8 Å². The fourth-order valence-corrected chi connectivity index (χ4v) is 2.35. The Kier molecular flexibility index (Phi) is 5.12. The predicted octanol–water partition coefficient (Wildman–Crippen LogP) is 3.41. The zero-order valence-electron chi connectivity index (χ0n) is 11.9. The molecule has 0 radical (unpaired) electrons. The first-order chi connectivity index (χ1) is 9.97. The van der Waals surface area contributed by atoms with Crippen molar-refractivity contribution in [2.75, 3.05) is 5.32 Å². The van der Waals surface area contributed by atoms with E-state index in [2.05, 4.69) is 26.2 Å². The van der Waals surface area contributed by atoms with Crippen LogP contribution in [0.5, 0.6) is 0 Å². The van der Waals surface area contributed by atoms with Gasteiger partial charge in [-0.15, -0.1) is 0 Å². The summed E-state index contributed by atoms with van der Waals surface area (Å²) in [5.74, 6) is 0.331. The Bertz CT molecular complexity index is 685. The third-order valence-corrected chi connectivity index (χ3v) is 3.70. The molecule has 1 N–H and O–H groups in total. The SMILES string of the molecule is CC(C)Cn1ccnc(NCc2cc(F)ccc2Br)c1=O. The number of benzene rings is 1. The van der Waals surface area contributed by atoms with Crippen molar-refractivity contribution in [3.8, 4) is 0 Å². The van der Waals surface area contributed by atoms with Crippen LogP contribution in [0.3, 0.4) is 0 Å². The lowest BCUT2D eigenvalue weighted by molar-refractivity contribution is 0.509. The maximum atomic E-state index is 13.2. The summed E-state index contributed by atoms with van der Waals surface area (Å²) in [4.78, 5) is 16.3. The maximum absolute atomic E-state index is 13.2. The van der Waals surface area contributed by atoms with Gasteiger partial charge in [0.05, 0.1) is 0 Å². The zero-order valence-corrected chi connectivity index (χ0v) is 13.5. The van der Waals surface area contributed by atoms with E-state index in [0.29, 0.717) is 19.0 Å². The average molecular weight is 354 g/mol. The van der Waals surface area contributed by atoms with Crippen LogP contribution in [-0.4, -0.2) is 9.55 Å². The van der Waals surface area contributed by atoms with Crippen molar-refractivity contribution >= 4 is 21.7 Å². The normalized spacial score (nSPS) is 10.9. The minimum atomic E-state index is -0.312. The van der Waals surface area contributed by atoms with Crippen LogP contribution in [0, 0.1) is 11.7 Å². The van der Waals surface area contributed by atoms with Gasteiger partial charge in [-0.05, 0) is 29.7 Å². The molecule has 6 heteroatoms. The second-order valence-electron chi connectivity index (χ2n) is 5.22. The molecule has 0 fully saturated rings. The third-order valence-electron chi connectivity index (χ3n) is 2.93. The summed E-state index contributed by atoms with van der Waals surface area (Å²) in [6, 6.07) is 4.44. The highest BCUT2D eigenvalue weighted by Crippen LogP contribution is 2.18. The fraction of sp³-hybridized carbons (Fsp3) is 0.333. The number of rotatable bonds is 5. The largest absolute Gasteiger partial charge is 0.361 e. The van der Waals surface area contributed by atoms with Gasteiger partial charge in [0.15, 0.2) is 5.82 Å². The molecule has 1 heterocycles. The van der Waals surface area contributed by atoms with Crippen LogP contribution >= 0.6 is 15.9 Å². The van der Waals surface area contributed by atoms with Crippen LogP contribution in [0.4, 0.5) is 10.2 Å². The molecule has 2 rings (SSSR count). The number of hydrogen-bond acceptors (Lipinski definition) is 3. The number of aromatic nitrogens is 2. The van der Waals surface area contributed by atoms with Gasteiger partial charge in [0.1, 0.15) is 5.82 Å². The molecule has 0 amide bonds. The topological polar surface area (TPSA) is 46.9 Å². The highest BCUT2D eigenvalue weighted by molar-refractivity contribution is 9.10. The molecule has 0 aliphatic rings. The monoisotopic (exact) mass is 353 g/mol. The van der Waals surface area contributed by atoms with E-state index >= 15 is 0 Å². The molecule has 4 nitrogen and oxygen atoms in total. The van der Waals surface area contributed by atoms with Crippen LogP contribution < -0.4 is 10.9 Å². The molecule has 21 heavy (non-hydrogen) atoms. The number of halogens is 2. The first-order valence-corrected chi connectivity index (χ1v) is 7.50. The van der Waals surface area contributed by atoms with E-state index in [4.69, 9.17) is 0 Å². The van der Waals surface area contributed by atoms with Gasteiger partial charge in [0, 0.05) is 30.0 Å². The highest BCUT2D eigenvalue weighted by Gasteiger charge is 2.07. The van der Waals surface area contributed by atoms with E-state index in [1.807, 2.05) is 13.8 Å². The molecule has 1 aromatic carbocycles. The first-order valence-electron chi connectivity index (χ1n) is 6.70. The predicted molar refractivity (Wildman–Crippen MR) is 84.8 cm³/mol. The van der Waals surface area contributed by atoms with E-state index in [-0.39, 0.29) is 17.2 Å². The van der Waals surface area contributed by atoms with Crippen molar-refractivity contribution in [1.29, 1.82) is 0 Å². The lowest BCUT2D eigenvalue weighted by atomic mass is 10.2. The Morgan fingerprint density at radius 2 is 2.19 bits per heavy atom. The molecule has 0 saturated heterocycles. The van der Waals surface area contributed by atoms with Gasteiger partial charge in [0.2, 0.25) is 0 Å². The molecule has 0 aliphatic carbocycles. The standard InChI is InChI=1S/C15H17BrFN3O/c1-10(2)9-20-6-5-18-14(15(20)21)19-8-11-7-12(17)3-4-13(11)16/h3-7,10H,8-9H2,1-2H3,(H,18,19). The molecule has 0 saturated carbocycles. The Morgan fingerprint density at radius 1 is 1.43 bits per heavy atom. The van der Waals surface area contributed by atoms with Gasteiger partial charge in [-0.25, -0.2) is 9.37 Å². The zero-order chi connectivity index (χ0) is 15.4. The molecule has 0 unspecified atom stereocenters. The van der Waals surface area contributed by atoms with E-state index in [0.717, 1.165) is 10.0 Å². The first kappa shape index (κ1) is 15.7. The molecule has 2 aromatic rings. The Balaban J connectivity index is 2.17. The summed E-state index contributed by atoms with van der Waals surface area (Å²) in [6.07, 6.45) is 3.26. The van der Waals surface area contributed by atoms with Crippen LogP contribution in [0.2, 0.25) is 0 Å². The summed E-state index contributed by atoms with van der Waals surface area (Å²) < 4.78 is 15.6. The van der Waals surface area contributed by atoms with E-state index in [9.17, 15) is 9.18 Å². The van der Waals surface area contributed by atoms with Crippen molar-refractivity contribution in [1.82, 2.24) is 9.55 Å². The highest BCUT2D eigenvalue weighted by atomic mass is 79.9. The van der Waals surface area contributed by atoms with Crippen LogP contribution in [0.15, 0.2) is 39.9 Å². The van der Waals surface area contributed by atoms with E-state index in [1.54, 1.807) is 23.0 Å². The molecular formula is C15H17BrFN3O. The lowest BCUT2D eigenvalue weighted by Crippen LogP contribution is -2.25. The second-order valence-corrected chi connectivity index (χ2v) is 6.07. The number of hydrogen-bond donors (Lipinski definition) is 1. The number of anilines is 1. The van der Waals surface area contributed by atoms with Gasteiger partial charge in [-0.3, -0.25) is 4.79 Å². The van der Waals surface area contributed by atoms with Crippen molar-refractivity contribution in [3.63, 3.8) is 0 Å². The van der Waals surface area contributed by atoms with Crippen molar-refractivity contribution < 1.29 is 4.39 Å². The molecule has 0 atom stereocenters. The maximum Gasteiger partial charge on any atom is 0.293 e. The van der Waals surface area contributed by atoms with E-state index in [1.165, 1.54) is 12.1 Å². The molecule has 0 aliphatic heterocycles. The van der Waals surface area contributed by atoms with Gasteiger partial charge < -0.3 is 9.88 Å². The average Bonchev–Trinajstić information content (AvgIpc) is 2.43. The van der Waals surface area contributed by atoms with Crippen LogP contribution in [-0.2, 0) is 13.1 Å². The lowest BCUT2D eigenvalue weighted by Gasteiger charge is -2.11. The molecule has 1 aromatic heterocycles. The fourth-order valence-electron chi connectivity index (χ4n) is 1.96. The minimum absolute atomic E-state index is 0.168. The molecule has 112 valence electrons. The smallest absolute Gasteiger partial charge is 0.293 e. The number of nitrogens with one attached hydrogen (secondary N) is 1. The van der Waals surface area contributed by atoms with Gasteiger partial charge >= 0.3 is 0 Å². The molecule has 0 spiro atoms. The van der Waals surface area contributed by atoms with E-state index < -0.39 is 0 Å². The van der Waals surface area contributed by atoms with Crippen LogP contribution in [0.25, 0.3) is 0 Å². The van der Waals surface area contributed by atoms with Crippen LogP contribution in [0.1, 0.15) is 19.4 Å². The van der Waals surface area contributed by atoms with Gasteiger partial charge in [0.25, 0.3) is 5.56 Å². The summed E-state index contributed by atoms with van der Waals surface area (Å²) in [6.45, 7) is 5.06. The van der Waals surface area contributed by atoms with Gasteiger partial charge in [-0.2, -0.15) is 0 Å². The number of nitrogens with zero attached hydrogens (tertiary/aromatic N) is 2. The summed E-state index contributed by atoms with van der Waals surface area (Å²) in [5, 5.41) is 2.97. The Hall–Kier alpha value is -1.69. The van der Waals surface area contributed by atoms with Crippen molar-refractivity contribution in [2.24, 2.45) is 5.92 Å². The molecule has 0 bridgehead atoms. The van der Waals surface area contributed by atoms with Crippen molar-refractivity contribution in [2.45, 2.75) is 26.9 Å². The second kappa shape index (κ2) is 6.85. The third kappa shape index (κ3) is 4.14. The van der Waals surface area contributed by atoms with Crippen molar-refractivity contribution in [3.05, 3.63) is 56.8 Å². The minimum Gasteiger partial charge on any atom is -0.361 e. The Labute approximate surface area is 131 Å².